The number of imide groups is 1. The van der Waals surface area contributed by atoms with E-state index in [0.717, 1.165) is 44.7 Å². The first-order valence-corrected chi connectivity index (χ1v) is 15.6. The Bertz CT molecular complexity index is 1560. The van der Waals surface area contributed by atoms with Crippen LogP contribution in [0.2, 0.25) is 5.02 Å². The number of halogens is 1. The van der Waals surface area contributed by atoms with Crippen LogP contribution in [0.5, 0.6) is 11.5 Å². The summed E-state index contributed by atoms with van der Waals surface area (Å²) in [4.78, 5) is 43.8. The zero-order valence-electron chi connectivity index (χ0n) is 24.4. The fourth-order valence-electron chi connectivity index (χ4n) is 6.82. The number of hydrogen-bond acceptors (Lipinski definition) is 7. The second kappa shape index (κ2) is 12.2. The van der Waals surface area contributed by atoms with Crippen molar-refractivity contribution in [3.63, 3.8) is 0 Å². The van der Waals surface area contributed by atoms with Crippen molar-refractivity contribution in [2.24, 2.45) is 0 Å². The van der Waals surface area contributed by atoms with Crippen molar-refractivity contribution in [1.82, 2.24) is 20.0 Å². The summed E-state index contributed by atoms with van der Waals surface area (Å²) >= 11 is 6.32. The van der Waals surface area contributed by atoms with E-state index >= 15 is 0 Å². The fourth-order valence-corrected chi connectivity index (χ4v) is 7.00. The minimum absolute atomic E-state index is 0.0715. The van der Waals surface area contributed by atoms with Crippen molar-refractivity contribution in [3.8, 4) is 11.5 Å². The molecule has 0 spiro atoms. The maximum absolute atomic E-state index is 13.2. The number of fused-ring (bicyclic) bond motifs is 1. The minimum atomic E-state index is -0.640. The number of nitrogens with zero attached hydrogens (tertiary/aromatic N) is 3. The lowest BCUT2D eigenvalue weighted by Crippen LogP contribution is -2.65. The van der Waals surface area contributed by atoms with E-state index in [-0.39, 0.29) is 36.5 Å². The molecule has 3 amide bonds. The van der Waals surface area contributed by atoms with Gasteiger partial charge in [0.25, 0.3) is 5.91 Å². The van der Waals surface area contributed by atoms with Gasteiger partial charge in [-0.3, -0.25) is 29.5 Å². The SMILES string of the molecule is O=C1CCC(N2Cc3cc(O[C@H]4CN(Cc5ccccc5)CC[C@@H]4N4CC(Oc5ccccc5Cl)C4)ccc3C2=O)C(=O)N1. The molecular formula is C34H35ClN4O5. The van der Waals surface area contributed by atoms with E-state index in [2.05, 4.69) is 39.4 Å². The van der Waals surface area contributed by atoms with Crippen LogP contribution < -0.4 is 14.8 Å². The van der Waals surface area contributed by atoms with Gasteiger partial charge in [-0.05, 0) is 54.3 Å². The maximum Gasteiger partial charge on any atom is 0.255 e. The Morgan fingerprint density at radius 1 is 0.886 bits per heavy atom. The number of carbonyl (C=O) groups excluding carboxylic acids is 3. The highest BCUT2D eigenvalue weighted by Gasteiger charge is 2.42. The van der Waals surface area contributed by atoms with Gasteiger partial charge < -0.3 is 14.4 Å². The first-order chi connectivity index (χ1) is 21.4. The van der Waals surface area contributed by atoms with E-state index < -0.39 is 11.9 Å². The molecule has 10 heteroatoms. The average molecular weight is 615 g/mol. The van der Waals surface area contributed by atoms with Crippen molar-refractivity contribution in [3.05, 3.63) is 94.5 Å². The molecular weight excluding hydrogens is 580 g/mol. The van der Waals surface area contributed by atoms with Crippen molar-refractivity contribution in [2.75, 3.05) is 26.2 Å². The molecule has 1 unspecified atom stereocenters. The number of amides is 3. The molecule has 3 aromatic rings. The molecule has 3 fully saturated rings. The molecule has 3 aromatic carbocycles. The van der Waals surface area contributed by atoms with Gasteiger partial charge in [-0.15, -0.1) is 0 Å². The normalized spacial score (nSPS) is 24.5. The number of benzene rings is 3. The highest BCUT2D eigenvalue weighted by molar-refractivity contribution is 6.32. The number of carbonyl (C=O) groups is 3. The highest BCUT2D eigenvalue weighted by atomic mass is 35.5. The summed E-state index contributed by atoms with van der Waals surface area (Å²) < 4.78 is 12.9. The molecule has 4 aliphatic heterocycles. The topological polar surface area (TPSA) is 91.4 Å². The van der Waals surface area contributed by atoms with E-state index in [4.69, 9.17) is 21.1 Å². The molecule has 4 aliphatic rings. The molecule has 0 radical (unpaired) electrons. The quantitative estimate of drug-likeness (QED) is 0.385. The van der Waals surface area contributed by atoms with Crippen LogP contribution in [0.4, 0.5) is 0 Å². The zero-order valence-corrected chi connectivity index (χ0v) is 25.1. The molecule has 3 atom stereocenters. The third kappa shape index (κ3) is 5.92. The smallest absolute Gasteiger partial charge is 0.255 e. The third-order valence-electron chi connectivity index (χ3n) is 9.12. The van der Waals surface area contributed by atoms with Crippen LogP contribution in [-0.4, -0.2) is 82.9 Å². The Morgan fingerprint density at radius 3 is 2.48 bits per heavy atom. The number of nitrogens with one attached hydrogen (secondary N) is 1. The lowest BCUT2D eigenvalue weighted by atomic mass is 9.95. The zero-order chi connectivity index (χ0) is 30.2. The minimum Gasteiger partial charge on any atom is -0.487 e. The summed E-state index contributed by atoms with van der Waals surface area (Å²) in [5.41, 5.74) is 2.68. The summed E-state index contributed by atoms with van der Waals surface area (Å²) in [5.74, 6) is 0.536. The molecule has 9 nitrogen and oxygen atoms in total. The summed E-state index contributed by atoms with van der Waals surface area (Å²) in [6, 6.07) is 23.2. The number of para-hydroxylation sites is 1. The van der Waals surface area contributed by atoms with Crippen LogP contribution in [0.1, 0.15) is 40.7 Å². The Hall–Kier alpha value is -3.92. The number of ether oxygens (including phenoxy) is 2. The summed E-state index contributed by atoms with van der Waals surface area (Å²) in [6.07, 6.45) is 1.51. The van der Waals surface area contributed by atoms with E-state index in [9.17, 15) is 14.4 Å². The maximum atomic E-state index is 13.2. The molecule has 228 valence electrons. The predicted octanol–water partition coefficient (Wildman–Crippen LogP) is 3.89. The van der Waals surface area contributed by atoms with Gasteiger partial charge in [-0.2, -0.15) is 0 Å². The molecule has 4 heterocycles. The van der Waals surface area contributed by atoms with Crippen molar-refractivity contribution in [1.29, 1.82) is 0 Å². The third-order valence-corrected chi connectivity index (χ3v) is 9.43. The number of rotatable bonds is 8. The summed E-state index contributed by atoms with van der Waals surface area (Å²) in [6.45, 7) is 4.50. The first kappa shape index (κ1) is 28.8. The van der Waals surface area contributed by atoms with E-state index in [1.54, 1.807) is 11.0 Å². The average Bonchev–Trinajstić information content (AvgIpc) is 3.32. The number of likely N-dealkylation sites (tertiary alicyclic amines) is 2. The highest BCUT2D eigenvalue weighted by Crippen LogP contribution is 2.33. The van der Waals surface area contributed by atoms with E-state index in [1.165, 1.54) is 5.56 Å². The molecule has 1 N–H and O–H groups in total. The second-order valence-electron chi connectivity index (χ2n) is 12.1. The van der Waals surface area contributed by atoms with Gasteiger partial charge in [0.2, 0.25) is 11.8 Å². The predicted molar refractivity (Wildman–Crippen MR) is 164 cm³/mol. The van der Waals surface area contributed by atoms with Crippen LogP contribution in [0, 0.1) is 0 Å². The van der Waals surface area contributed by atoms with Gasteiger partial charge in [0.1, 0.15) is 29.7 Å². The molecule has 0 saturated carbocycles. The van der Waals surface area contributed by atoms with Crippen LogP contribution in [-0.2, 0) is 22.7 Å². The largest absolute Gasteiger partial charge is 0.487 e. The Balaban J connectivity index is 1.05. The van der Waals surface area contributed by atoms with Gasteiger partial charge in [-0.25, -0.2) is 0 Å². The second-order valence-corrected chi connectivity index (χ2v) is 12.5. The molecule has 0 aliphatic carbocycles. The molecule has 44 heavy (non-hydrogen) atoms. The lowest BCUT2D eigenvalue weighted by Gasteiger charge is -2.49. The van der Waals surface area contributed by atoms with Gasteiger partial charge in [0, 0.05) is 57.3 Å². The van der Waals surface area contributed by atoms with Crippen molar-refractivity contribution in [2.45, 2.75) is 56.6 Å². The molecule has 3 saturated heterocycles. The molecule has 0 bridgehead atoms. The van der Waals surface area contributed by atoms with Crippen molar-refractivity contribution < 1.29 is 23.9 Å². The van der Waals surface area contributed by atoms with Crippen LogP contribution in [0.25, 0.3) is 0 Å². The first-order valence-electron chi connectivity index (χ1n) is 15.3. The van der Waals surface area contributed by atoms with Crippen molar-refractivity contribution >= 4 is 29.3 Å². The lowest BCUT2D eigenvalue weighted by molar-refractivity contribution is -0.136. The van der Waals surface area contributed by atoms with E-state index in [0.29, 0.717) is 35.1 Å². The fraction of sp³-hybridized carbons (Fsp3) is 0.382. The van der Waals surface area contributed by atoms with Gasteiger partial charge in [0.15, 0.2) is 0 Å². The molecule has 7 rings (SSSR count). The standard InChI is InChI=1S/C34H35ClN4O5/c35-27-8-4-5-9-30(27)44-25-19-38(20-25)28-14-15-37(17-22-6-2-1-3-7-22)21-31(28)43-24-10-11-26-23(16-24)18-39(34(26)42)29-12-13-32(40)36-33(29)41/h1-11,16,25,28-29,31H,12-15,17-21H2,(H,36,40,41)/t28-,29?,31-/m0/s1. The molecule has 0 aromatic heterocycles. The Labute approximate surface area is 261 Å². The monoisotopic (exact) mass is 614 g/mol. The summed E-state index contributed by atoms with van der Waals surface area (Å²) in [5, 5.41) is 2.98. The number of hydrogen-bond donors (Lipinski definition) is 1. The number of piperidine rings is 2. The van der Waals surface area contributed by atoms with Gasteiger partial charge >= 0.3 is 0 Å². The Kier molecular flexibility index (Phi) is 8.01. The van der Waals surface area contributed by atoms with Gasteiger partial charge in [-0.1, -0.05) is 54.1 Å². The van der Waals surface area contributed by atoms with E-state index in [1.807, 2.05) is 42.5 Å². The van der Waals surface area contributed by atoms with Gasteiger partial charge in [0.05, 0.1) is 5.02 Å². The van der Waals surface area contributed by atoms with Crippen LogP contribution in [0.3, 0.4) is 0 Å². The summed E-state index contributed by atoms with van der Waals surface area (Å²) in [7, 11) is 0. The van der Waals surface area contributed by atoms with Crippen LogP contribution in [0.15, 0.2) is 72.8 Å². The Morgan fingerprint density at radius 2 is 1.68 bits per heavy atom. The van der Waals surface area contributed by atoms with Crippen LogP contribution >= 0.6 is 11.6 Å².